The third kappa shape index (κ3) is 7.54. The SMILES string of the molecule is C=C(CCCCCOC(=O)NC)C(=O)O. The fraction of sp³-hybridized carbons (Fsp3) is 0.600. The molecule has 0 aromatic rings. The largest absolute Gasteiger partial charge is 0.478 e. The van der Waals surface area contributed by atoms with Crippen molar-refractivity contribution in [3.63, 3.8) is 0 Å². The quantitative estimate of drug-likeness (QED) is 0.499. The molecule has 5 heteroatoms. The van der Waals surface area contributed by atoms with Crippen LogP contribution in [0.2, 0.25) is 0 Å². The summed E-state index contributed by atoms with van der Waals surface area (Å²) in [6.07, 6.45) is 2.35. The van der Waals surface area contributed by atoms with Gasteiger partial charge in [-0.3, -0.25) is 0 Å². The zero-order chi connectivity index (χ0) is 11.7. The maximum Gasteiger partial charge on any atom is 0.406 e. The zero-order valence-corrected chi connectivity index (χ0v) is 8.91. The number of carbonyl (C=O) groups is 2. The van der Waals surface area contributed by atoms with E-state index in [4.69, 9.17) is 9.84 Å². The van der Waals surface area contributed by atoms with Crippen molar-refractivity contribution in [1.29, 1.82) is 0 Å². The number of ether oxygens (including phenoxy) is 1. The average Bonchev–Trinajstić information content (AvgIpc) is 2.22. The summed E-state index contributed by atoms with van der Waals surface area (Å²) >= 11 is 0. The number of amides is 1. The molecule has 5 nitrogen and oxygen atoms in total. The van der Waals surface area contributed by atoms with E-state index >= 15 is 0 Å². The molecule has 0 spiro atoms. The summed E-state index contributed by atoms with van der Waals surface area (Å²) in [6, 6.07) is 0. The van der Waals surface area contributed by atoms with Crippen molar-refractivity contribution < 1.29 is 19.4 Å². The van der Waals surface area contributed by atoms with E-state index in [2.05, 4.69) is 11.9 Å². The molecule has 0 rings (SSSR count). The molecule has 0 heterocycles. The molecule has 15 heavy (non-hydrogen) atoms. The lowest BCUT2D eigenvalue weighted by Gasteiger charge is -2.03. The molecule has 0 aromatic carbocycles. The average molecular weight is 215 g/mol. The zero-order valence-electron chi connectivity index (χ0n) is 8.91. The van der Waals surface area contributed by atoms with E-state index in [-0.39, 0.29) is 5.57 Å². The summed E-state index contributed by atoms with van der Waals surface area (Å²) in [5, 5.41) is 10.8. The summed E-state index contributed by atoms with van der Waals surface area (Å²) in [5.41, 5.74) is 0.224. The van der Waals surface area contributed by atoms with Crippen molar-refractivity contribution in [1.82, 2.24) is 5.32 Å². The van der Waals surface area contributed by atoms with E-state index < -0.39 is 12.1 Å². The minimum absolute atomic E-state index is 0.224. The van der Waals surface area contributed by atoms with Gasteiger partial charge >= 0.3 is 12.1 Å². The number of nitrogens with one attached hydrogen (secondary N) is 1. The Morgan fingerprint density at radius 3 is 2.53 bits per heavy atom. The first kappa shape index (κ1) is 13.5. The molecule has 0 radical (unpaired) electrons. The molecule has 0 aliphatic heterocycles. The van der Waals surface area contributed by atoms with Crippen molar-refractivity contribution in [2.45, 2.75) is 25.7 Å². The Hall–Kier alpha value is -1.52. The molecule has 2 N–H and O–H groups in total. The molecule has 0 atom stereocenters. The number of aliphatic carboxylic acids is 1. The lowest BCUT2D eigenvalue weighted by Crippen LogP contribution is -2.19. The standard InChI is InChI=1S/C10H17NO4/c1-8(9(12)13)6-4-3-5-7-15-10(14)11-2/h1,3-7H2,2H3,(H,11,14)(H,12,13). The van der Waals surface area contributed by atoms with E-state index in [0.717, 1.165) is 19.3 Å². The maximum atomic E-state index is 10.6. The van der Waals surface area contributed by atoms with Gasteiger partial charge < -0.3 is 15.2 Å². The first-order valence-electron chi connectivity index (χ1n) is 4.83. The predicted octanol–water partition coefficient (Wildman–Crippen LogP) is 1.54. The Morgan fingerprint density at radius 1 is 1.33 bits per heavy atom. The highest BCUT2D eigenvalue weighted by Gasteiger charge is 2.03. The van der Waals surface area contributed by atoms with E-state index in [0.29, 0.717) is 13.0 Å². The van der Waals surface area contributed by atoms with Gasteiger partial charge in [-0.2, -0.15) is 0 Å². The highest BCUT2D eigenvalue weighted by atomic mass is 16.5. The second kappa shape index (κ2) is 7.84. The number of carboxylic acid groups (broad SMARTS) is 1. The van der Waals surface area contributed by atoms with E-state index in [9.17, 15) is 9.59 Å². The fourth-order valence-corrected chi connectivity index (χ4v) is 0.961. The third-order valence-electron chi connectivity index (χ3n) is 1.86. The van der Waals surface area contributed by atoms with Gasteiger partial charge in [-0.05, 0) is 25.7 Å². The Balaban J connectivity index is 3.29. The first-order chi connectivity index (χ1) is 7.07. The van der Waals surface area contributed by atoms with Crippen molar-refractivity contribution in [3.05, 3.63) is 12.2 Å². The normalized spacial score (nSPS) is 9.40. The van der Waals surface area contributed by atoms with Crippen LogP contribution in [-0.2, 0) is 9.53 Å². The second-order valence-electron chi connectivity index (χ2n) is 3.11. The highest BCUT2D eigenvalue weighted by Crippen LogP contribution is 2.07. The molecule has 0 fully saturated rings. The Labute approximate surface area is 89.1 Å². The van der Waals surface area contributed by atoms with Crippen molar-refractivity contribution in [2.24, 2.45) is 0 Å². The van der Waals surface area contributed by atoms with Crippen LogP contribution in [0.15, 0.2) is 12.2 Å². The molecule has 1 amide bonds. The second-order valence-corrected chi connectivity index (χ2v) is 3.11. The van der Waals surface area contributed by atoms with Crippen LogP contribution in [-0.4, -0.2) is 30.8 Å². The summed E-state index contributed by atoms with van der Waals surface area (Å²) in [4.78, 5) is 21.0. The van der Waals surface area contributed by atoms with Crippen molar-refractivity contribution in [3.8, 4) is 0 Å². The van der Waals surface area contributed by atoms with Crippen LogP contribution in [0.1, 0.15) is 25.7 Å². The van der Waals surface area contributed by atoms with Gasteiger partial charge in [0.25, 0.3) is 0 Å². The number of carbonyl (C=O) groups excluding carboxylic acids is 1. The van der Waals surface area contributed by atoms with Gasteiger partial charge in [0.05, 0.1) is 6.61 Å². The topological polar surface area (TPSA) is 75.6 Å². The number of hydrogen-bond donors (Lipinski definition) is 2. The Kier molecular flexibility index (Phi) is 7.05. The Bertz CT molecular complexity index is 238. The Morgan fingerprint density at radius 2 is 2.00 bits per heavy atom. The number of unbranched alkanes of at least 4 members (excludes halogenated alkanes) is 2. The molecule has 0 bridgehead atoms. The van der Waals surface area contributed by atoms with Crippen LogP contribution in [0.25, 0.3) is 0 Å². The summed E-state index contributed by atoms with van der Waals surface area (Å²) in [5.74, 6) is -0.948. The van der Waals surface area contributed by atoms with E-state index in [1.54, 1.807) is 0 Å². The lowest BCUT2D eigenvalue weighted by atomic mass is 10.1. The van der Waals surface area contributed by atoms with Crippen molar-refractivity contribution >= 4 is 12.1 Å². The van der Waals surface area contributed by atoms with Crippen molar-refractivity contribution in [2.75, 3.05) is 13.7 Å². The van der Waals surface area contributed by atoms with Gasteiger partial charge in [0.15, 0.2) is 0 Å². The lowest BCUT2D eigenvalue weighted by molar-refractivity contribution is -0.132. The van der Waals surface area contributed by atoms with Gasteiger partial charge in [-0.25, -0.2) is 9.59 Å². The molecule has 0 saturated carbocycles. The number of alkyl carbamates (subject to hydrolysis) is 1. The fourth-order valence-electron chi connectivity index (χ4n) is 0.961. The highest BCUT2D eigenvalue weighted by molar-refractivity contribution is 5.85. The molecular formula is C10H17NO4. The smallest absolute Gasteiger partial charge is 0.406 e. The van der Waals surface area contributed by atoms with Crippen LogP contribution in [0.5, 0.6) is 0 Å². The molecule has 86 valence electrons. The monoisotopic (exact) mass is 215 g/mol. The molecular weight excluding hydrogens is 198 g/mol. The first-order valence-corrected chi connectivity index (χ1v) is 4.83. The molecule has 0 unspecified atom stereocenters. The van der Waals surface area contributed by atoms with Crippen LogP contribution < -0.4 is 5.32 Å². The van der Waals surface area contributed by atoms with Crippen LogP contribution in [0.4, 0.5) is 4.79 Å². The van der Waals surface area contributed by atoms with Gasteiger partial charge in [-0.15, -0.1) is 0 Å². The van der Waals surface area contributed by atoms with Crippen LogP contribution >= 0.6 is 0 Å². The number of hydrogen-bond acceptors (Lipinski definition) is 3. The molecule has 0 aliphatic rings. The minimum atomic E-state index is -0.948. The number of rotatable bonds is 7. The summed E-state index contributed by atoms with van der Waals surface area (Å²) < 4.78 is 4.76. The van der Waals surface area contributed by atoms with Gasteiger partial charge in [-0.1, -0.05) is 6.58 Å². The van der Waals surface area contributed by atoms with Gasteiger partial charge in [0.1, 0.15) is 0 Å². The minimum Gasteiger partial charge on any atom is -0.478 e. The van der Waals surface area contributed by atoms with Gasteiger partial charge in [0, 0.05) is 12.6 Å². The molecule has 0 aromatic heterocycles. The molecule has 0 aliphatic carbocycles. The number of carboxylic acids is 1. The van der Waals surface area contributed by atoms with Crippen LogP contribution in [0, 0.1) is 0 Å². The van der Waals surface area contributed by atoms with Gasteiger partial charge in [0.2, 0.25) is 0 Å². The predicted molar refractivity (Wildman–Crippen MR) is 55.7 cm³/mol. The van der Waals surface area contributed by atoms with E-state index in [1.165, 1.54) is 7.05 Å². The summed E-state index contributed by atoms with van der Waals surface area (Å²) in [6.45, 7) is 3.78. The molecule has 0 saturated heterocycles. The van der Waals surface area contributed by atoms with E-state index in [1.807, 2.05) is 0 Å². The maximum absolute atomic E-state index is 10.6. The summed E-state index contributed by atoms with van der Waals surface area (Å²) in [7, 11) is 1.50. The third-order valence-corrected chi connectivity index (χ3v) is 1.86. The van der Waals surface area contributed by atoms with Crippen LogP contribution in [0.3, 0.4) is 0 Å².